The molecule has 0 aliphatic heterocycles. The Kier molecular flexibility index (Phi) is 3.72. The van der Waals surface area contributed by atoms with Gasteiger partial charge in [-0.05, 0) is 31.0 Å². The molecule has 0 bridgehead atoms. The predicted octanol–water partition coefficient (Wildman–Crippen LogP) is 1.95. The summed E-state index contributed by atoms with van der Waals surface area (Å²) in [4.78, 5) is 23.2. The van der Waals surface area contributed by atoms with Crippen LogP contribution in [0.5, 0.6) is 5.75 Å². The van der Waals surface area contributed by atoms with E-state index in [0.717, 1.165) is 12.8 Å². The molecule has 0 saturated heterocycles. The second kappa shape index (κ2) is 5.27. The third kappa shape index (κ3) is 3.13. The topological polar surface area (TPSA) is 67.4 Å². The van der Waals surface area contributed by atoms with Gasteiger partial charge >= 0.3 is 6.03 Å². The number of hydrogen-bond donors (Lipinski definition) is 2. The minimum Gasteiger partial charge on any atom is -0.497 e. The molecule has 1 aromatic rings. The quantitative estimate of drug-likeness (QED) is 0.880. The zero-order chi connectivity index (χ0) is 13.1. The maximum absolute atomic E-state index is 11.8. The molecule has 1 aliphatic carbocycles. The van der Waals surface area contributed by atoms with Crippen molar-refractivity contribution in [1.82, 2.24) is 10.6 Å². The second-order valence-electron chi connectivity index (χ2n) is 4.05. The molecule has 18 heavy (non-hydrogen) atoms. The normalized spacial score (nSPS) is 13.9. The van der Waals surface area contributed by atoms with Crippen LogP contribution in [0.4, 0.5) is 4.79 Å². The van der Waals surface area contributed by atoms with Crippen LogP contribution in [-0.2, 0) is 0 Å². The molecule has 1 fully saturated rings. The Hall–Kier alpha value is -1.75. The summed E-state index contributed by atoms with van der Waals surface area (Å²) in [6, 6.07) is 4.36. The van der Waals surface area contributed by atoms with Crippen LogP contribution in [0.1, 0.15) is 23.2 Å². The standard InChI is InChI=1S/C12H13ClN2O3/c1-18-8-4-5-9(10(13)6-8)11(16)15-12(17)14-7-2-3-7/h4-7H,2-3H2,1H3,(H2,14,15,16,17). The highest BCUT2D eigenvalue weighted by Crippen LogP contribution is 2.22. The lowest BCUT2D eigenvalue weighted by molar-refractivity contribution is 0.0964. The summed E-state index contributed by atoms with van der Waals surface area (Å²) < 4.78 is 4.98. The Bertz CT molecular complexity index is 486. The van der Waals surface area contributed by atoms with Crippen LogP contribution in [0, 0.1) is 0 Å². The molecule has 2 N–H and O–H groups in total. The molecule has 0 aromatic heterocycles. The molecule has 0 atom stereocenters. The number of benzene rings is 1. The van der Waals surface area contributed by atoms with Gasteiger partial charge in [0.05, 0.1) is 17.7 Å². The third-order valence-corrected chi connectivity index (χ3v) is 2.87. The van der Waals surface area contributed by atoms with E-state index >= 15 is 0 Å². The fourth-order valence-corrected chi connectivity index (χ4v) is 1.68. The van der Waals surface area contributed by atoms with Crippen molar-refractivity contribution < 1.29 is 14.3 Å². The number of carbonyl (C=O) groups is 2. The van der Waals surface area contributed by atoms with Gasteiger partial charge in [-0.2, -0.15) is 0 Å². The number of carbonyl (C=O) groups excluding carboxylic acids is 2. The Balaban J connectivity index is 2.01. The molecule has 96 valence electrons. The molecule has 0 spiro atoms. The summed E-state index contributed by atoms with van der Waals surface area (Å²) in [7, 11) is 1.51. The summed E-state index contributed by atoms with van der Waals surface area (Å²) >= 11 is 5.93. The van der Waals surface area contributed by atoms with Crippen LogP contribution in [0.2, 0.25) is 5.02 Å². The van der Waals surface area contributed by atoms with Crippen molar-refractivity contribution in [3.63, 3.8) is 0 Å². The van der Waals surface area contributed by atoms with Crippen LogP contribution >= 0.6 is 11.6 Å². The van der Waals surface area contributed by atoms with Crippen LogP contribution in [-0.4, -0.2) is 25.1 Å². The number of urea groups is 1. The lowest BCUT2D eigenvalue weighted by atomic mass is 10.2. The molecule has 0 unspecified atom stereocenters. The lowest BCUT2D eigenvalue weighted by Gasteiger charge is -2.08. The number of imide groups is 1. The SMILES string of the molecule is COc1ccc(C(=O)NC(=O)NC2CC2)c(Cl)c1. The molecular weight excluding hydrogens is 256 g/mol. The first-order chi connectivity index (χ1) is 8.60. The monoisotopic (exact) mass is 268 g/mol. The van der Waals surface area contributed by atoms with E-state index in [-0.39, 0.29) is 16.6 Å². The number of rotatable bonds is 3. The fraction of sp³-hybridized carbons (Fsp3) is 0.333. The van der Waals surface area contributed by atoms with E-state index in [1.807, 2.05) is 0 Å². The van der Waals surface area contributed by atoms with Gasteiger partial charge in [0.2, 0.25) is 0 Å². The van der Waals surface area contributed by atoms with Gasteiger partial charge in [0, 0.05) is 6.04 Å². The number of nitrogens with one attached hydrogen (secondary N) is 2. The van der Waals surface area contributed by atoms with Gasteiger partial charge < -0.3 is 10.1 Å². The van der Waals surface area contributed by atoms with E-state index in [1.165, 1.54) is 19.2 Å². The molecule has 5 nitrogen and oxygen atoms in total. The van der Waals surface area contributed by atoms with Gasteiger partial charge in [-0.1, -0.05) is 11.6 Å². The van der Waals surface area contributed by atoms with E-state index < -0.39 is 11.9 Å². The average molecular weight is 269 g/mol. The van der Waals surface area contributed by atoms with Crippen LogP contribution in [0.3, 0.4) is 0 Å². The van der Waals surface area contributed by atoms with E-state index in [4.69, 9.17) is 16.3 Å². The van der Waals surface area contributed by atoms with Crippen LogP contribution in [0.15, 0.2) is 18.2 Å². The first kappa shape index (κ1) is 12.7. The van der Waals surface area contributed by atoms with E-state index in [2.05, 4.69) is 10.6 Å². The maximum atomic E-state index is 11.8. The maximum Gasteiger partial charge on any atom is 0.321 e. The Morgan fingerprint density at radius 2 is 2.11 bits per heavy atom. The minimum absolute atomic E-state index is 0.198. The van der Waals surface area contributed by atoms with E-state index in [0.29, 0.717) is 5.75 Å². The highest BCUT2D eigenvalue weighted by atomic mass is 35.5. The van der Waals surface area contributed by atoms with Crippen molar-refractivity contribution in [2.45, 2.75) is 18.9 Å². The molecule has 3 amide bonds. The molecular formula is C12H13ClN2O3. The number of hydrogen-bond acceptors (Lipinski definition) is 3. The van der Waals surface area contributed by atoms with Gasteiger partial charge in [0.1, 0.15) is 5.75 Å². The highest BCUT2D eigenvalue weighted by molar-refractivity contribution is 6.34. The van der Waals surface area contributed by atoms with Gasteiger partial charge in [0.15, 0.2) is 0 Å². The van der Waals surface area contributed by atoms with E-state index in [1.54, 1.807) is 6.07 Å². The Morgan fingerprint density at radius 1 is 1.39 bits per heavy atom. The summed E-state index contributed by atoms with van der Waals surface area (Å²) in [5, 5.41) is 5.13. The minimum atomic E-state index is -0.527. The Labute approximate surface area is 109 Å². The fourth-order valence-electron chi connectivity index (χ4n) is 1.43. The van der Waals surface area contributed by atoms with Gasteiger partial charge in [-0.3, -0.25) is 10.1 Å². The van der Waals surface area contributed by atoms with Crippen LogP contribution < -0.4 is 15.4 Å². The number of halogens is 1. The average Bonchev–Trinajstić information content (AvgIpc) is 3.12. The first-order valence-electron chi connectivity index (χ1n) is 5.55. The first-order valence-corrected chi connectivity index (χ1v) is 5.93. The summed E-state index contributed by atoms with van der Waals surface area (Å²) in [6.45, 7) is 0. The van der Waals surface area contributed by atoms with Crippen molar-refractivity contribution in [2.75, 3.05) is 7.11 Å². The van der Waals surface area contributed by atoms with E-state index in [9.17, 15) is 9.59 Å². The molecule has 1 saturated carbocycles. The summed E-state index contributed by atoms with van der Waals surface area (Å²) in [6.07, 6.45) is 1.93. The molecule has 6 heteroatoms. The highest BCUT2D eigenvalue weighted by Gasteiger charge is 2.24. The molecule has 0 radical (unpaired) electrons. The summed E-state index contributed by atoms with van der Waals surface area (Å²) in [5.74, 6) is 0.0276. The van der Waals surface area contributed by atoms with Crippen molar-refractivity contribution in [3.8, 4) is 5.75 Å². The number of amides is 3. The van der Waals surface area contributed by atoms with Crippen molar-refractivity contribution >= 4 is 23.5 Å². The van der Waals surface area contributed by atoms with Crippen molar-refractivity contribution in [2.24, 2.45) is 0 Å². The third-order valence-electron chi connectivity index (χ3n) is 2.56. The van der Waals surface area contributed by atoms with Crippen LogP contribution in [0.25, 0.3) is 0 Å². The zero-order valence-electron chi connectivity index (χ0n) is 9.83. The van der Waals surface area contributed by atoms with Crippen molar-refractivity contribution in [3.05, 3.63) is 28.8 Å². The van der Waals surface area contributed by atoms with Gasteiger partial charge in [0.25, 0.3) is 5.91 Å². The molecule has 0 heterocycles. The predicted molar refractivity (Wildman–Crippen MR) is 67.0 cm³/mol. The van der Waals surface area contributed by atoms with Gasteiger partial charge in [-0.15, -0.1) is 0 Å². The largest absolute Gasteiger partial charge is 0.497 e. The zero-order valence-corrected chi connectivity index (χ0v) is 10.6. The molecule has 2 rings (SSSR count). The summed E-state index contributed by atoms with van der Waals surface area (Å²) in [5.41, 5.74) is 0.239. The number of methoxy groups -OCH3 is 1. The second-order valence-corrected chi connectivity index (χ2v) is 4.45. The smallest absolute Gasteiger partial charge is 0.321 e. The number of ether oxygens (including phenoxy) is 1. The molecule has 1 aliphatic rings. The van der Waals surface area contributed by atoms with Gasteiger partial charge in [-0.25, -0.2) is 4.79 Å². The lowest BCUT2D eigenvalue weighted by Crippen LogP contribution is -2.40. The van der Waals surface area contributed by atoms with Crippen molar-refractivity contribution in [1.29, 1.82) is 0 Å². The Morgan fingerprint density at radius 3 is 2.67 bits per heavy atom. The molecule has 1 aromatic carbocycles.